The molecule has 1 aliphatic heterocycles. The number of anilines is 1. The SMILES string of the molecule is Nc1ncccc1CN1CCCC[C@H]1c1cccc(F)c1. The Hall–Kier alpha value is -1.94. The average Bonchev–Trinajstić information content (AvgIpc) is 2.50. The summed E-state index contributed by atoms with van der Waals surface area (Å²) in [5.74, 6) is 0.417. The molecule has 0 unspecified atom stereocenters. The fraction of sp³-hybridized carbons (Fsp3) is 0.353. The van der Waals surface area contributed by atoms with Crippen LogP contribution in [0.2, 0.25) is 0 Å². The lowest BCUT2D eigenvalue weighted by atomic mass is 9.94. The maximum absolute atomic E-state index is 13.5. The van der Waals surface area contributed by atoms with Crippen molar-refractivity contribution in [3.63, 3.8) is 0 Å². The van der Waals surface area contributed by atoms with Gasteiger partial charge >= 0.3 is 0 Å². The van der Waals surface area contributed by atoms with E-state index in [4.69, 9.17) is 5.73 Å². The third-order valence-corrected chi connectivity index (χ3v) is 4.15. The van der Waals surface area contributed by atoms with Crippen LogP contribution in [0.3, 0.4) is 0 Å². The Morgan fingerprint density at radius 1 is 1.24 bits per heavy atom. The van der Waals surface area contributed by atoms with Crippen molar-refractivity contribution in [3.05, 3.63) is 59.5 Å². The lowest BCUT2D eigenvalue weighted by molar-refractivity contribution is 0.140. The van der Waals surface area contributed by atoms with Crippen LogP contribution < -0.4 is 5.73 Å². The Morgan fingerprint density at radius 3 is 2.95 bits per heavy atom. The van der Waals surface area contributed by atoms with E-state index in [9.17, 15) is 4.39 Å². The second-order valence-electron chi connectivity index (χ2n) is 5.58. The Morgan fingerprint density at radius 2 is 2.14 bits per heavy atom. The van der Waals surface area contributed by atoms with Gasteiger partial charge in [0, 0.05) is 24.3 Å². The normalized spacial score (nSPS) is 19.6. The Balaban J connectivity index is 1.83. The van der Waals surface area contributed by atoms with Crippen LogP contribution >= 0.6 is 0 Å². The third-order valence-electron chi connectivity index (χ3n) is 4.15. The first-order chi connectivity index (χ1) is 10.2. The van der Waals surface area contributed by atoms with E-state index in [0.29, 0.717) is 5.82 Å². The zero-order valence-corrected chi connectivity index (χ0v) is 12.0. The first-order valence-electron chi connectivity index (χ1n) is 7.43. The van der Waals surface area contributed by atoms with Gasteiger partial charge < -0.3 is 5.73 Å². The van der Waals surface area contributed by atoms with E-state index in [1.165, 1.54) is 18.9 Å². The minimum atomic E-state index is -0.168. The number of rotatable bonds is 3. The standard InChI is InChI=1S/C17H20FN3/c18-15-7-3-5-13(11-15)16-8-1-2-10-21(16)12-14-6-4-9-20-17(14)19/h3-7,9,11,16H,1-2,8,10,12H2,(H2,19,20)/t16-/m0/s1. The minimum absolute atomic E-state index is 0.168. The van der Waals surface area contributed by atoms with Crippen molar-refractivity contribution in [1.82, 2.24) is 9.88 Å². The number of hydrogen-bond acceptors (Lipinski definition) is 3. The molecule has 1 aliphatic rings. The summed E-state index contributed by atoms with van der Waals surface area (Å²) in [5, 5.41) is 0. The Kier molecular flexibility index (Phi) is 4.15. The average molecular weight is 285 g/mol. The van der Waals surface area contributed by atoms with Crippen LogP contribution in [-0.2, 0) is 6.54 Å². The van der Waals surface area contributed by atoms with Gasteiger partial charge in [-0.15, -0.1) is 0 Å². The summed E-state index contributed by atoms with van der Waals surface area (Å²) in [4.78, 5) is 6.53. The van der Waals surface area contributed by atoms with Gasteiger partial charge in [0.05, 0.1) is 0 Å². The molecule has 0 spiro atoms. The van der Waals surface area contributed by atoms with E-state index < -0.39 is 0 Å². The minimum Gasteiger partial charge on any atom is -0.383 e. The highest BCUT2D eigenvalue weighted by atomic mass is 19.1. The molecule has 0 aliphatic carbocycles. The quantitative estimate of drug-likeness (QED) is 0.938. The maximum atomic E-state index is 13.5. The number of hydrogen-bond donors (Lipinski definition) is 1. The first-order valence-corrected chi connectivity index (χ1v) is 7.43. The number of halogens is 1. The van der Waals surface area contributed by atoms with Gasteiger partial charge in [0.2, 0.25) is 0 Å². The molecule has 2 aromatic rings. The zero-order chi connectivity index (χ0) is 14.7. The number of nitrogen functional groups attached to an aromatic ring is 1. The smallest absolute Gasteiger partial charge is 0.127 e. The highest BCUT2D eigenvalue weighted by molar-refractivity contribution is 5.38. The number of piperidine rings is 1. The van der Waals surface area contributed by atoms with Gasteiger partial charge in [0.25, 0.3) is 0 Å². The summed E-state index contributed by atoms with van der Waals surface area (Å²) >= 11 is 0. The van der Waals surface area contributed by atoms with E-state index in [1.807, 2.05) is 18.2 Å². The number of likely N-dealkylation sites (tertiary alicyclic amines) is 1. The lowest BCUT2D eigenvalue weighted by Crippen LogP contribution is -2.33. The summed E-state index contributed by atoms with van der Waals surface area (Å²) in [7, 11) is 0. The fourth-order valence-corrected chi connectivity index (χ4v) is 3.07. The second-order valence-corrected chi connectivity index (χ2v) is 5.58. The molecule has 1 atom stereocenters. The third kappa shape index (κ3) is 3.22. The topological polar surface area (TPSA) is 42.1 Å². The molecule has 4 heteroatoms. The van der Waals surface area contributed by atoms with E-state index in [0.717, 1.165) is 30.6 Å². The van der Waals surface area contributed by atoms with Crippen molar-refractivity contribution in [2.24, 2.45) is 0 Å². The number of pyridine rings is 1. The van der Waals surface area contributed by atoms with Crippen molar-refractivity contribution in [2.45, 2.75) is 31.8 Å². The second kappa shape index (κ2) is 6.22. The van der Waals surface area contributed by atoms with Crippen molar-refractivity contribution >= 4 is 5.82 Å². The number of nitrogens with zero attached hydrogens (tertiary/aromatic N) is 2. The van der Waals surface area contributed by atoms with Crippen molar-refractivity contribution < 1.29 is 4.39 Å². The van der Waals surface area contributed by atoms with Crippen LogP contribution in [0.4, 0.5) is 10.2 Å². The van der Waals surface area contributed by atoms with Crippen molar-refractivity contribution in [1.29, 1.82) is 0 Å². The predicted molar refractivity (Wildman–Crippen MR) is 82.1 cm³/mol. The summed E-state index contributed by atoms with van der Waals surface area (Å²) in [6.45, 7) is 1.77. The monoisotopic (exact) mass is 285 g/mol. The lowest BCUT2D eigenvalue weighted by Gasteiger charge is -2.36. The molecular weight excluding hydrogens is 265 g/mol. The van der Waals surface area contributed by atoms with Gasteiger partial charge in [-0.3, -0.25) is 4.90 Å². The number of benzene rings is 1. The summed E-state index contributed by atoms with van der Waals surface area (Å²) in [5.41, 5.74) is 8.04. The number of aromatic nitrogens is 1. The first kappa shape index (κ1) is 14.0. The molecule has 0 bridgehead atoms. The van der Waals surface area contributed by atoms with Crippen molar-refractivity contribution in [3.8, 4) is 0 Å². The van der Waals surface area contributed by atoms with Gasteiger partial charge in [-0.1, -0.05) is 24.6 Å². The van der Waals surface area contributed by atoms with E-state index in [-0.39, 0.29) is 11.9 Å². The van der Waals surface area contributed by atoms with Crippen molar-refractivity contribution in [2.75, 3.05) is 12.3 Å². The molecule has 2 N–H and O–H groups in total. The van der Waals surface area contributed by atoms with E-state index in [2.05, 4.69) is 9.88 Å². The van der Waals surface area contributed by atoms with Gasteiger partial charge in [-0.2, -0.15) is 0 Å². The molecule has 3 nitrogen and oxygen atoms in total. The molecule has 21 heavy (non-hydrogen) atoms. The summed E-state index contributed by atoms with van der Waals surface area (Å²) in [6, 6.07) is 11.1. The molecule has 2 heterocycles. The molecule has 1 saturated heterocycles. The van der Waals surface area contributed by atoms with Gasteiger partial charge in [-0.25, -0.2) is 9.37 Å². The zero-order valence-electron chi connectivity index (χ0n) is 12.0. The summed E-state index contributed by atoms with van der Waals surface area (Å²) < 4.78 is 13.5. The molecule has 1 fully saturated rings. The molecule has 1 aromatic heterocycles. The molecule has 0 amide bonds. The maximum Gasteiger partial charge on any atom is 0.127 e. The van der Waals surface area contributed by atoms with Gasteiger partial charge in [-0.05, 0) is 43.1 Å². The fourth-order valence-electron chi connectivity index (χ4n) is 3.07. The highest BCUT2D eigenvalue weighted by Crippen LogP contribution is 2.32. The van der Waals surface area contributed by atoms with Gasteiger partial charge in [0.15, 0.2) is 0 Å². The van der Waals surface area contributed by atoms with Crippen LogP contribution in [0.15, 0.2) is 42.6 Å². The highest BCUT2D eigenvalue weighted by Gasteiger charge is 2.24. The Bertz CT molecular complexity index is 614. The van der Waals surface area contributed by atoms with Crippen LogP contribution in [0.5, 0.6) is 0 Å². The molecule has 0 saturated carbocycles. The largest absolute Gasteiger partial charge is 0.383 e. The molecule has 1 aromatic carbocycles. The van der Waals surface area contributed by atoms with E-state index in [1.54, 1.807) is 18.3 Å². The predicted octanol–water partition coefficient (Wildman–Crippen LogP) is 3.53. The molecule has 3 rings (SSSR count). The Labute approximate surface area is 124 Å². The van der Waals surface area contributed by atoms with E-state index >= 15 is 0 Å². The van der Waals surface area contributed by atoms with Crippen LogP contribution in [-0.4, -0.2) is 16.4 Å². The van der Waals surface area contributed by atoms with Crippen LogP contribution in [0, 0.1) is 5.82 Å². The van der Waals surface area contributed by atoms with Gasteiger partial charge in [0.1, 0.15) is 11.6 Å². The summed E-state index contributed by atoms with van der Waals surface area (Å²) in [6.07, 6.45) is 5.12. The van der Waals surface area contributed by atoms with Crippen LogP contribution in [0.25, 0.3) is 0 Å². The molecule has 110 valence electrons. The number of nitrogens with two attached hydrogens (primary N) is 1. The molecule has 0 radical (unpaired) electrons. The molecular formula is C17H20FN3. The van der Waals surface area contributed by atoms with Crippen LogP contribution in [0.1, 0.15) is 36.4 Å².